The smallest absolute Gasteiger partial charge is 0.248 e. The topological polar surface area (TPSA) is 88.5 Å². The van der Waals surface area contributed by atoms with E-state index in [9.17, 15) is 15.0 Å². The largest absolute Gasteiger partial charge is 0.494 e. The summed E-state index contributed by atoms with van der Waals surface area (Å²) in [6, 6.07) is 8.03. The molecule has 0 aliphatic carbocycles. The predicted octanol–water partition coefficient (Wildman–Crippen LogP) is 7.87. The Bertz CT molecular complexity index is 885. The predicted molar refractivity (Wildman–Crippen MR) is 142 cm³/mol. The summed E-state index contributed by atoms with van der Waals surface area (Å²) in [5.74, 6) is -0.701. The molecule has 0 radical (unpaired) electrons. The number of allylic oxidation sites excluding steroid dienone is 1. The number of hydrogen-bond donors (Lipinski definition) is 3. The molecular formula is C29H44N2O3. The average molecular weight is 469 g/mol. The molecule has 188 valence electrons. The van der Waals surface area contributed by atoms with Gasteiger partial charge in [-0.15, -0.1) is 0 Å². The zero-order valence-corrected chi connectivity index (χ0v) is 21.0. The highest BCUT2D eigenvalue weighted by Crippen LogP contribution is 2.32. The lowest BCUT2D eigenvalue weighted by Crippen LogP contribution is -2.11. The van der Waals surface area contributed by atoms with Crippen molar-refractivity contribution in [2.24, 2.45) is 5.73 Å². The first kappa shape index (κ1) is 27.6. The first-order chi connectivity index (χ1) is 16.5. The van der Waals surface area contributed by atoms with E-state index in [4.69, 9.17) is 5.73 Å². The molecule has 1 aromatic heterocycles. The number of benzene rings is 1. The lowest BCUT2D eigenvalue weighted by molar-refractivity contribution is 0.1000. The van der Waals surface area contributed by atoms with Crippen LogP contribution < -0.4 is 5.73 Å². The van der Waals surface area contributed by atoms with E-state index in [0.29, 0.717) is 16.8 Å². The summed E-state index contributed by atoms with van der Waals surface area (Å²) in [4.78, 5) is 11.4. The van der Waals surface area contributed by atoms with Crippen LogP contribution in [-0.4, -0.2) is 20.7 Å². The lowest BCUT2D eigenvalue weighted by atomic mass is 10.0. The van der Waals surface area contributed by atoms with Crippen molar-refractivity contribution in [2.45, 2.75) is 103 Å². The zero-order valence-electron chi connectivity index (χ0n) is 21.0. The van der Waals surface area contributed by atoms with Crippen LogP contribution in [0.3, 0.4) is 0 Å². The second-order valence-corrected chi connectivity index (χ2v) is 9.32. The molecule has 0 aliphatic heterocycles. The van der Waals surface area contributed by atoms with Gasteiger partial charge in [0, 0.05) is 17.2 Å². The SMILES string of the molecule is CCCCCCCCCCCCCCCCC=Cc1cc(O)n(-c2cccc(C(N)=O)c2)c1O. The number of rotatable bonds is 18. The molecule has 0 fully saturated rings. The summed E-state index contributed by atoms with van der Waals surface area (Å²) in [6.45, 7) is 2.27. The van der Waals surface area contributed by atoms with E-state index in [-0.39, 0.29) is 11.8 Å². The van der Waals surface area contributed by atoms with Crippen LogP contribution in [0.2, 0.25) is 0 Å². The van der Waals surface area contributed by atoms with Gasteiger partial charge in [0.15, 0.2) is 5.88 Å². The van der Waals surface area contributed by atoms with Crippen LogP contribution in [0.15, 0.2) is 36.4 Å². The molecule has 0 unspecified atom stereocenters. The minimum absolute atomic E-state index is 0.0590. The summed E-state index contributed by atoms with van der Waals surface area (Å²) < 4.78 is 1.30. The minimum Gasteiger partial charge on any atom is -0.494 e. The van der Waals surface area contributed by atoms with Gasteiger partial charge in [0.05, 0.1) is 5.69 Å². The number of nitrogens with two attached hydrogens (primary N) is 1. The summed E-state index contributed by atoms with van der Waals surface area (Å²) in [5, 5.41) is 20.8. The number of aromatic hydroxyl groups is 2. The molecule has 5 heteroatoms. The van der Waals surface area contributed by atoms with Gasteiger partial charge >= 0.3 is 0 Å². The van der Waals surface area contributed by atoms with Gasteiger partial charge in [-0.3, -0.25) is 9.36 Å². The Balaban J connectivity index is 1.60. The van der Waals surface area contributed by atoms with Gasteiger partial charge in [0.2, 0.25) is 11.8 Å². The van der Waals surface area contributed by atoms with E-state index in [2.05, 4.69) is 6.92 Å². The molecule has 1 aromatic carbocycles. The first-order valence-corrected chi connectivity index (χ1v) is 13.2. The fourth-order valence-corrected chi connectivity index (χ4v) is 4.35. The van der Waals surface area contributed by atoms with Crippen LogP contribution in [0.1, 0.15) is 119 Å². The van der Waals surface area contributed by atoms with E-state index in [1.165, 1.54) is 94.1 Å². The summed E-state index contributed by atoms with van der Waals surface area (Å²) >= 11 is 0. The van der Waals surface area contributed by atoms with Gasteiger partial charge in [-0.2, -0.15) is 0 Å². The van der Waals surface area contributed by atoms with E-state index < -0.39 is 5.91 Å². The Morgan fingerprint density at radius 3 is 1.97 bits per heavy atom. The standard InChI is InChI=1S/C29H44N2O3/c1-2-3-4-5-6-7-8-9-10-11-12-13-14-15-16-17-19-25-23-27(32)31(29(25)34)26-21-18-20-24(22-26)28(30)33/h17-23,32,34H,2-16H2,1H3,(H2,30,33). The maximum Gasteiger partial charge on any atom is 0.248 e. The van der Waals surface area contributed by atoms with Gasteiger partial charge in [-0.1, -0.05) is 109 Å². The molecule has 0 atom stereocenters. The first-order valence-electron chi connectivity index (χ1n) is 13.2. The van der Waals surface area contributed by atoms with Crippen molar-refractivity contribution in [1.29, 1.82) is 0 Å². The monoisotopic (exact) mass is 468 g/mol. The molecule has 0 saturated heterocycles. The van der Waals surface area contributed by atoms with Crippen molar-refractivity contribution in [2.75, 3.05) is 0 Å². The van der Waals surface area contributed by atoms with Gasteiger partial charge in [0.25, 0.3) is 0 Å². The average Bonchev–Trinajstić information content (AvgIpc) is 3.11. The third-order valence-corrected chi connectivity index (χ3v) is 6.39. The number of carbonyl (C=O) groups excluding carboxylic acids is 1. The van der Waals surface area contributed by atoms with Crippen molar-refractivity contribution in [1.82, 2.24) is 4.57 Å². The quantitative estimate of drug-likeness (QED) is 0.194. The number of aromatic nitrogens is 1. The maximum atomic E-state index is 11.4. The van der Waals surface area contributed by atoms with E-state index >= 15 is 0 Å². The summed E-state index contributed by atoms with van der Waals surface area (Å²) in [7, 11) is 0. The van der Waals surface area contributed by atoms with Crippen LogP contribution in [0.25, 0.3) is 11.8 Å². The van der Waals surface area contributed by atoms with Crippen molar-refractivity contribution in [3.05, 3.63) is 47.5 Å². The molecule has 4 N–H and O–H groups in total. The zero-order chi connectivity index (χ0) is 24.6. The van der Waals surface area contributed by atoms with Crippen molar-refractivity contribution < 1.29 is 15.0 Å². The van der Waals surface area contributed by atoms with Gasteiger partial charge in [0.1, 0.15) is 0 Å². The highest BCUT2D eigenvalue weighted by molar-refractivity contribution is 5.93. The van der Waals surface area contributed by atoms with Gasteiger partial charge < -0.3 is 15.9 Å². The number of primary amides is 1. The fourth-order valence-electron chi connectivity index (χ4n) is 4.35. The Morgan fingerprint density at radius 2 is 1.41 bits per heavy atom. The number of unbranched alkanes of at least 4 members (excludes halogenated alkanes) is 14. The Labute approximate surface area is 205 Å². The van der Waals surface area contributed by atoms with E-state index in [1.807, 2.05) is 12.2 Å². The van der Waals surface area contributed by atoms with E-state index in [0.717, 1.165) is 12.8 Å². The van der Waals surface area contributed by atoms with Crippen LogP contribution >= 0.6 is 0 Å². The molecule has 1 amide bonds. The van der Waals surface area contributed by atoms with Crippen molar-refractivity contribution >= 4 is 12.0 Å². The highest BCUT2D eigenvalue weighted by Gasteiger charge is 2.14. The molecule has 1 heterocycles. The molecule has 0 saturated carbocycles. The number of hydrogen-bond acceptors (Lipinski definition) is 3. The summed E-state index contributed by atoms with van der Waals surface area (Å²) in [6.07, 6.45) is 23.7. The minimum atomic E-state index is -0.554. The van der Waals surface area contributed by atoms with Crippen LogP contribution in [0.4, 0.5) is 0 Å². The molecule has 34 heavy (non-hydrogen) atoms. The maximum absolute atomic E-state index is 11.4. The van der Waals surface area contributed by atoms with Crippen LogP contribution in [0, 0.1) is 0 Å². The van der Waals surface area contributed by atoms with Crippen molar-refractivity contribution in [3.63, 3.8) is 0 Å². The van der Waals surface area contributed by atoms with Gasteiger partial charge in [-0.25, -0.2) is 0 Å². The van der Waals surface area contributed by atoms with Crippen LogP contribution in [0.5, 0.6) is 11.8 Å². The molecule has 5 nitrogen and oxygen atoms in total. The molecule has 0 bridgehead atoms. The van der Waals surface area contributed by atoms with Gasteiger partial charge in [-0.05, 0) is 31.0 Å². The normalized spacial score (nSPS) is 11.4. The highest BCUT2D eigenvalue weighted by atomic mass is 16.3. The molecule has 0 spiro atoms. The molecule has 2 rings (SSSR count). The molecule has 0 aliphatic rings. The Morgan fingerprint density at radius 1 is 0.853 bits per heavy atom. The lowest BCUT2D eigenvalue weighted by Gasteiger charge is -2.08. The third-order valence-electron chi connectivity index (χ3n) is 6.39. The second-order valence-electron chi connectivity index (χ2n) is 9.32. The van der Waals surface area contributed by atoms with E-state index in [1.54, 1.807) is 24.3 Å². The fraction of sp³-hybridized carbons (Fsp3) is 0.552. The second kappa shape index (κ2) is 16.0. The third kappa shape index (κ3) is 9.66. The number of amides is 1. The Kier molecular flexibility index (Phi) is 13.0. The Hall–Kier alpha value is -2.69. The van der Waals surface area contributed by atoms with Crippen molar-refractivity contribution in [3.8, 4) is 17.4 Å². The number of carbonyl (C=O) groups is 1. The number of nitrogens with zero attached hydrogens (tertiary/aromatic N) is 1. The summed E-state index contributed by atoms with van der Waals surface area (Å²) in [5.41, 5.74) is 6.68. The molecular weight excluding hydrogens is 424 g/mol. The molecule has 2 aromatic rings. The van der Waals surface area contributed by atoms with Crippen LogP contribution in [-0.2, 0) is 0 Å².